The number of carbonyl (C=O) groups is 2. The minimum Gasteiger partial charge on any atom is -0.491 e. The van der Waals surface area contributed by atoms with E-state index in [1.807, 2.05) is 4.90 Å². The van der Waals surface area contributed by atoms with E-state index < -0.39 is 27.8 Å². The topological polar surface area (TPSA) is 133 Å². The van der Waals surface area contributed by atoms with E-state index in [0.29, 0.717) is 18.8 Å². The Morgan fingerprint density at radius 1 is 1.12 bits per heavy atom. The molecule has 12 heteroatoms. The molecule has 178 valence electrons. The van der Waals surface area contributed by atoms with Gasteiger partial charge in [0.05, 0.1) is 22.8 Å². The first-order chi connectivity index (χ1) is 15.7. The van der Waals surface area contributed by atoms with Gasteiger partial charge in [0.2, 0.25) is 0 Å². The fraction of sp³-hybridized carbons (Fsp3) is 0.333. The number of aliphatic carboxylic acids is 1. The first-order valence-corrected chi connectivity index (χ1v) is 12.7. The van der Waals surface area contributed by atoms with Gasteiger partial charge in [-0.05, 0) is 42.8 Å². The minimum atomic E-state index is -4.20. The molecule has 0 bridgehead atoms. The molecule has 0 aliphatic carbocycles. The van der Waals surface area contributed by atoms with Gasteiger partial charge in [0.1, 0.15) is 0 Å². The van der Waals surface area contributed by atoms with Crippen molar-refractivity contribution in [2.75, 3.05) is 40.8 Å². The summed E-state index contributed by atoms with van der Waals surface area (Å²) in [6.07, 6.45) is 0.0421. The predicted molar refractivity (Wildman–Crippen MR) is 123 cm³/mol. The van der Waals surface area contributed by atoms with E-state index in [4.69, 9.17) is 9.84 Å². The van der Waals surface area contributed by atoms with E-state index in [0.717, 1.165) is 29.7 Å². The Labute approximate surface area is 194 Å². The van der Waals surface area contributed by atoms with Gasteiger partial charge in [-0.25, -0.2) is 17.6 Å². The van der Waals surface area contributed by atoms with Crippen LogP contribution in [-0.4, -0.2) is 61.8 Å². The smallest absolute Gasteiger partial charge is 0.337 e. The molecule has 0 spiro atoms. The Hall–Kier alpha value is -2.99. The van der Waals surface area contributed by atoms with Crippen LogP contribution in [0.5, 0.6) is 5.75 Å². The molecule has 2 aromatic carbocycles. The van der Waals surface area contributed by atoms with Gasteiger partial charge in [0, 0.05) is 36.7 Å². The summed E-state index contributed by atoms with van der Waals surface area (Å²) in [6, 6.07) is 7.35. The van der Waals surface area contributed by atoms with Crippen LogP contribution in [0.3, 0.4) is 0 Å². The zero-order valence-corrected chi connectivity index (χ0v) is 19.1. The fourth-order valence-electron chi connectivity index (χ4n) is 3.24. The van der Waals surface area contributed by atoms with E-state index in [-0.39, 0.29) is 41.3 Å². The number of anilines is 2. The van der Waals surface area contributed by atoms with Crippen molar-refractivity contribution >= 4 is 45.1 Å². The SMILES string of the molecule is O=C(O)CCCOc1ccc(S(=O)(=O)Nc2ccc(N3CCSCC3)c(C(=O)O)c2)cc1F. The van der Waals surface area contributed by atoms with E-state index in [2.05, 4.69) is 4.72 Å². The number of benzene rings is 2. The molecule has 2 aromatic rings. The largest absolute Gasteiger partial charge is 0.491 e. The first-order valence-electron chi connectivity index (χ1n) is 10.0. The summed E-state index contributed by atoms with van der Waals surface area (Å²) >= 11 is 1.78. The molecule has 0 saturated carbocycles. The number of halogens is 1. The maximum Gasteiger partial charge on any atom is 0.337 e. The normalized spacial score (nSPS) is 14.0. The second-order valence-electron chi connectivity index (χ2n) is 7.18. The highest BCUT2D eigenvalue weighted by atomic mass is 32.2. The molecule has 33 heavy (non-hydrogen) atoms. The summed E-state index contributed by atoms with van der Waals surface area (Å²) in [5, 5.41) is 18.2. The summed E-state index contributed by atoms with van der Waals surface area (Å²) in [4.78, 5) is 23.9. The second kappa shape index (κ2) is 10.8. The Kier molecular flexibility index (Phi) is 8.03. The van der Waals surface area contributed by atoms with Crippen molar-refractivity contribution in [3.8, 4) is 5.75 Å². The van der Waals surface area contributed by atoms with Crippen molar-refractivity contribution in [1.29, 1.82) is 0 Å². The molecule has 1 aliphatic heterocycles. The number of rotatable bonds is 10. The average molecular weight is 499 g/mol. The number of ether oxygens (including phenoxy) is 1. The number of hydrogen-bond donors (Lipinski definition) is 3. The maximum atomic E-state index is 14.3. The third-order valence-corrected chi connectivity index (χ3v) is 7.16. The maximum absolute atomic E-state index is 14.3. The molecule has 0 unspecified atom stereocenters. The summed E-state index contributed by atoms with van der Waals surface area (Å²) in [5.41, 5.74) is 0.525. The zero-order chi connectivity index (χ0) is 24.0. The Morgan fingerprint density at radius 2 is 1.85 bits per heavy atom. The van der Waals surface area contributed by atoms with Gasteiger partial charge in [0.15, 0.2) is 11.6 Å². The molecule has 1 fully saturated rings. The molecule has 1 saturated heterocycles. The van der Waals surface area contributed by atoms with Crippen LogP contribution in [0.4, 0.5) is 15.8 Å². The lowest BCUT2D eigenvalue weighted by molar-refractivity contribution is -0.137. The van der Waals surface area contributed by atoms with E-state index in [1.165, 1.54) is 12.1 Å². The molecule has 0 amide bonds. The highest BCUT2D eigenvalue weighted by molar-refractivity contribution is 7.99. The van der Waals surface area contributed by atoms with Gasteiger partial charge in [-0.1, -0.05) is 0 Å². The molecule has 0 radical (unpaired) electrons. The number of thioether (sulfide) groups is 1. The monoisotopic (exact) mass is 498 g/mol. The van der Waals surface area contributed by atoms with Crippen LogP contribution in [-0.2, 0) is 14.8 Å². The van der Waals surface area contributed by atoms with Crippen molar-refractivity contribution in [2.24, 2.45) is 0 Å². The predicted octanol–water partition coefficient (Wildman–Crippen LogP) is 3.12. The van der Waals surface area contributed by atoms with Crippen molar-refractivity contribution in [1.82, 2.24) is 0 Å². The Balaban J connectivity index is 1.75. The third kappa shape index (κ3) is 6.51. The number of hydrogen-bond acceptors (Lipinski definition) is 7. The molecular weight excluding hydrogens is 475 g/mol. The van der Waals surface area contributed by atoms with Crippen LogP contribution in [0.1, 0.15) is 23.2 Å². The van der Waals surface area contributed by atoms with Gasteiger partial charge in [-0.3, -0.25) is 9.52 Å². The Bertz CT molecular complexity index is 1140. The van der Waals surface area contributed by atoms with Crippen molar-refractivity contribution in [2.45, 2.75) is 17.7 Å². The number of carboxylic acids is 2. The molecule has 9 nitrogen and oxygen atoms in total. The lowest BCUT2D eigenvalue weighted by atomic mass is 10.1. The number of nitrogens with zero attached hydrogens (tertiary/aromatic N) is 1. The van der Waals surface area contributed by atoms with Gasteiger partial charge in [-0.15, -0.1) is 0 Å². The number of nitrogens with one attached hydrogen (secondary N) is 1. The fourth-order valence-corrected chi connectivity index (χ4v) is 5.20. The highest BCUT2D eigenvalue weighted by Gasteiger charge is 2.22. The van der Waals surface area contributed by atoms with Gasteiger partial charge >= 0.3 is 11.9 Å². The van der Waals surface area contributed by atoms with Crippen LogP contribution < -0.4 is 14.4 Å². The van der Waals surface area contributed by atoms with Crippen molar-refractivity contribution in [3.63, 3.8) is 0 Å². The molecule has 0 aromatic heterocycles. The van der Waals surface area contributed by atoms with Crippen LogP contribution in [0.2, 0.25) is 0 Å². The standard InChI is InChI=1S/C21H23FN2O7S2/c22-17-13-15(4-6-19(17)31-9-1-2-20(25)26)33(29,30)23-14-3-5-18(16(12-14)21(27)28)24-7-10-32-11-8-24/h3-6,12-13,23H,1-2,7-11H2,(H,25,26)(H,27,28). The van der Waals surface area contributed by atoms with Crippen LogP contribution >= 0.6 is 11.8 Å². The molecule has 1 aliphatic rings. The van der Waals surface area contributed by atoms with Crippen LogP contribution in [0.15, 0.2) is 41.3 Å². The summed E-state index contributed by atoms with van der Waals surface area (Å²) < 4.78 is 47.2. The number of sulfonamides is 1. The molecule has 0 atom stereocenters. The average Bonchev–Trinajstić information content (AvgIpc) is 2.77. The quantitative estimate of drug-likeness (QED) is 0.423. The summed E-state index contributed by atoms with van der Waals surface area (Å²) in [6.45, 7) is 1.35. The molecule has 1 heterocycles. The lowest BCUT2D eigenvalue weighted by Crippen LogP contribution is -2.33. The first kappa shape index (κ1) is 24.6. The van der Waals surface area contributed by atoms with E-state index >= 15 is 0 Å². The van der Waals surface area contributed by atoms with Crippen molar-refractivity contribution < 1.29 is 37.3 Å². The summed E-state index contributed by atoms with van der Waals surface area (Å²) in [5.74, 6) is -1.55. The lowest BCUT2D eigenvalue weighted by Gasteiger charge is -2.29. The van der Waals surface area contributed by atoms with Crippen molar-refractivity contribution in [3.05, 3.63) is 47.8 Å². The number of aromatic carboxylic acids is 1. The summed E-state index contributed by atoms with van der Waals surface area (Å²) in [7, 11) is -4.20. The van der Waals surface area contributed by atoms with E-state index in [1.54, 1.807) is 17.8 Å². The zero-order valence-electron chi connectivity index (χ0n) is 17.5. The molecule has 3 N–H and O–H groups in total. The van der Waals surface area contributed by atoms with Gasteiger partial charge in [-0.2, -0.15) is 11.8 Å². The molecule has 3 rings (SSSR count). The highest BCUT2D eigenvalue weighted by Crippen LogP contribution is 2.29. The number of carboxylic acid groups (broad SMARTS) is 2. The van der Waals surface area contributed by atoms with Gasteiger partial charge in [0.25, 0.3) is 10.0 Å². The minimum absolute atomic E-state index is 0.0293. The van der Waals surface area contributed by atoms with E-state index in [9.17, 15) is 27.5 Å². The van der Waals surface area contributed by atoms with Gasteiger partial charge < -0.3 is 19.8 Å². The third-order valence-electron chi connectivity index (χ3n) is 4.84. The molecular formula is C21H23FN2O7S2. The van der Waals surface area contributed by atoms with Crippen LogP contribution in [0.25, 0.3) is 0 Å². The Morgan fingerprint density at radius 3 is 2.48 bits per heavy atom. The van der Waals surface area contributed by atoms with Crippen LogP contribution in [0, 0.1) is 5.82 Å². The second-order valence-corrected chi connectivity index (χ2v) is 10.1.